The molecule has 0 aliphatic heterocycles. The average Bonchev–Trinajstić information content (AvgIpc) is 3.33. The standard InChI is InChI=1S/C29H24FN3OS/c1-19-8-7-16-31-27(19)25-14-13-24(35-25)26-20(2)32-28(22-11-6-12-23(30)18-22)33(29(26)34)17-15-21-9-4-3-5-10-21/h3-14,16,18H,15,17H2,1-2H3. The van der Waals surface area contributed by atoms with E-state index in [1.165, 1.54) is 23.5 Å². The first-order valence-electron chi connectivity index (χ1n) is 11.4. The minimum Gasteiger partial charge on any atom is -0.292 e. The van der Waals surface area contributed by atoms with Crippen molar-refractivity contribution in [1.29, 1.82) is 0 Å². The van der Waals surface area contributed by atoms with Gasteiger partial charge in [0.25, 0.3) is 5.56 Å². The highest BCUT2D eigenvalue weighted by molar-refractivity contribution is 7.18. The molecular weight excluding hydrogens is 457 g/mol. The smallest absolute Gasteiger partial charge is 0.262 e. The predicted molar refractivity (Wildman–Crippen MR) is 140 cm³/mol. The Bertz CT molecular complexity index is 1560. The van der Waals surface area contributed by atoms with Crippen LogP contribution in [0.15, 0.2) is 89.9 Å². The van der Waals surface area contributed by atoms with Crippen molar-refractivity contribution < 1.29 is 4.39 Å². The number of benzene rings is 2. The van der Waals surface area contributed by atoms with E-state index < -0.39 is 0 Å². The maximum Gasteiger partial charge on any atom is 0.262 e. The van der Waals surface area contributed by atoms with Gasteiger partial charge in [0.1, 0.15) is 11.6 Å². The number of halogens is 1. The Hall–Kier alpha value is -3.90. The summed E-state index contributed by atoms with van der Waals surface area (Å²) in [6.45, 7) is 4.30. The Morgan fingerprint density at radius 3 is 2.49 bits per heavy atom. The summed E-state index contributed by atoms with van der Waals surface area (Å²) in [6, 6.07) is 24.2. The Morgan fingerprint density at radius 1 is 0.914 bits per heavy atom. The third-order valence-corrected chi connectivity index (χ3v) is 7.10. The van der Waals surface area contributed by atoms with Crippen LogP contribution < -0.4 is 5.56 Å². The second-order valence-electron chi connectivity index (χ2n) is 8.43. The van der Waals surface area contributed by atoms with Gasteiger partial charge in [-0.2, -0.15) is 0 Å². The van der Waals surface area contributed by atoms with Crippen LogP contribution in [-0.4, -0.2) is 14.5 Å². The summed E-state index contributed by atoms with van der Waals surface area (Å²) in [5.41, 5.74) is 4.77. The van der Waals surface area contributed by atoms with Crippen molar-refractivity contribution in [3.05, 3.63) is 118 Å². The number of aromatic nitrogens is 3. The highest BCUT2D eigenvalue weighted by Crippen LogP contribution is 2.35. The summed E-state index contributed by atoms with van der Waals surface area (Å²) in [5.74, 6) is 0.116. The normalized spacial score (nSPS) is 11.1. The van der Waals surface area contributed by atoms with Crippen molar-refractivity contribution in [2.24, 2.45) is 0 Å². The topological polar surface area (TPSA) is 47.8 Å². The van der Waals surface area contributed by atoms with Gasteiger partial charge < -0.3 is 0 Å². The fourth-order valence-electron chi connectivity index (χ4n) is 4.23. The zero-order valence-corrected chi connectivity index (χ0v) is 20.3. The summed E-state index contributed by atoms with van der Waals surface area (Å²) in [7, 11) is 0. The molecule has 0 spiro atoms. The fraction of sp³-hybridized carbons (Fsp3) is 0.138. The Kier molecular flexibility index (Phi) is 6.38. The molecule has 35 heavy (non-hydrogen) atoms. The number of aryl methyl sites for hydroxylation is 3. The van der Waals surface area contributed by atoms with Crippen LogP contribution in [0.2, 0.25) is 0 Å². The molecule has 0 radical (unpaired) electrons. The Labute approximate surface area is 207 Å². The fourth-order valence-corrected chi connectivity index (χ4v) is 5.39. The summed E-state index contributed by atoms with van der Waals surface area (Å²) in [6.07, 6.45) is 2.44. The van der Waals surface area contributed by atoms with E-state index in [1.54, 1.807) is 22.9 Å². The van der Waals surface area contributed by atoms with Gasteiger partial charge >= 0.3 is 0 Å². The molecule has 0 N–H and O–H groups in total. The van der Waals surface area contributed by atoms with E-state index in [0.717, 1.165) is 26.6 Å². The SMILES string of the molecule is Cc1cccnc1-c1ccc(-c2c(C)nc(-c3cccc(F)c3)n(CCc3ccccc3)c2=O)s1. The molecule has 6 heteroatoms. The van der Waals surface area contributed by atoms with E-state index in [4.69, 9.17) is 4.98 Å². The first-order chi connectivity index (χ1) is 17.0. The molecule has 174 valence electrons. The lowest BCUT2D eigenvalue weighted by molar-refractivity contribution is 0.626. The lowest BCUT2D eigenvalue weighted by atomic mass is 10.1. The summed E-state index contributed by atoms with van der Waals surface area (Å²) < 4.78 is 15.7. The maximum absolute atomic E-state index is 14.1. The molecule has 0 fully saturated rings. The van der Waals surface area contributed by atoms with Gasteiger partial charge in [-0.05, 0) is 61.7 Å². The van der Waals surface area contributed by atoms with Crippen molar-refractivity contribution in [3.63, 3.8) is 0 Å². The Balaban J connectivity index is 1.63. The number of hydrogen-bond donors (Lipinski definition) is 0. The number of thiophene rings is 1. The third kappa shape index (κ3) is 4.70. The molecule has 5 aromatic rings. The quantitative estimate of drug-likeness (QED) is 0.271. The van der Waals surface area contributed by atoms with Crippen molar-refractivity contribution in [1.82, 2.24) is 14.5 Å². The Morgan fingerprint density at radius 2 is 1.71 bits per heavy atom. The number of nitrogens with zero attached hydrogens (tertiary/aromatic N) is 3. The molecule has 3 aromatic heterocycles. The summed E-state index contributed by atoms with van der Waals surface area (Å²) in [4.78, 5) is 25.1. The van der Waals surface area contributed by atoms with Crippen LogP contribution in [0.1, 0.15) is 16.8 Å². The molecular formula is C29H24FN3OS. The molecule has 0 atom stereocenters. The van der Waals surface area contributed by atoms with Gasteiger partial charge in [-0.15, -0.1) is 11.3 Å². The molecule has 0 aliphatic rings. The number of pyridine rings is 1. The van der Waals surface area contributed by atoms with E-state index in [1.807, 2.05) is 68.4 Å². The third-order valence-electron chi connectivity index (χ3n) is 6.00. The molecule has 0 unspecified atom stereocenters. The van der Waals surface area contributed by atoms with Gasteiger partial charge in [-0.3, -0.25) is 14.3 Å². The van der Waals surface area contributed by atoms with Crippen LogP contribution in [0.3, 0.4) is 0 Å². The molecule has 3 heterocycles. The molecule has 0 saturated carbocycles. The molecule has 0 bridgehead atoms. The second kappa shape index (κ2) is 9.76. The van der Waals surface area contributed by atoms with E-state index >= 15 is 0 Å². The van der Waals surface area contributed by atoms with Gasteiger partial charge in [-0.1, -0.05) is 48.5 Å². The van der Waals surface area contributed by atoms with Gasteiger partial charge in [0, 0.05) is 23.2 Å². The van der Waals surface area contributed by atoms with E-state index in [0.29, 0.717) is 35.6 Å². The molecule has 0 saturated heterocycles. The molecule has 5 rings (SSSR count). The summed E-state index contributed by atoms with van der Waals surface area (Å²) in [5, 5.41) is 0. The van der Waals surface area contributed by atoms with E-state index in [2.05, 4.69) is 4.98 Å². The average molecular weight is 482 g/mol. The summed E-state index contributed by atoms with van der Waals surface area (Å²) >= 11 is 1.53. The van der Waals surface area contributed by atoms with Gasteiger partial charge in [0.05, 0.1) is 21.8 Å². The van der Waals surface area contributed by atoms with Gasteiger partial charge in [0.2, 0.25) is 0 Å². The number of hydrogen-bond acceptors (Lipinski definition) is 4. The lowest BCUT2D eigenvalue weighted by Gasteiger charge is -2.16. The zero-order chi connectivity index (χ0) is 24.4. The largest absolute Gasteiger partial charge is 0.292 e. The van der Waals surface area contributed by atoms with Crippen LogP contribution in [0.4, 0.5) is 4.39 Å². The minimum atomic E-state index is -0.360. The first kappa shape index (κ1) is 22.9. The van der Waals surface area contributed by atoms with Crippen LogP contribution >= 0.6 is 11.3 Å². The van der Waals surface area contributed by atoms with E-state index in [9.17, 15) is 9.18 Å². The monoisotopic (exact) mass is 481 g/mol. The van der Waals surface area contributed by atoms with Gasteiger partial charge in [0.15, 0.2) is 0 Å². The van der Waals surface area contributed by atoms with E-state index in [-0.39, 0.29) is 11.4 Å². The lowest BCUT2D eigenvalue weighted by Crippen LogP contribution is -2.26. The van der Waals surface area contributed by atoms with Crippen LogP contribution in [0.5, 0.6) is 0 Å². The molecule has 2 aromatic carbocycles. The minimum absolute atomic E-state index is 0.126. The highest BCUT2D eigenvalue weighted by Gasteiger charge is 2.19. The van der Waals surface area contributed by atoms with Crippen LogP contribution in [0, 0.1) is 19.7 Å². The maximum atomic E-state index is 14.1. The van der Waals surface area contributed by atoms with Gasteiger partial charge in [-0.25, -0.2) is 9.37 Å². The second-order valence-corrected chi connectivity index (χ2v) is 9.52. The van der Waals surface area contributed by atoms with Crippen molar-refractivity contribution in [2.45, 2.75) is 26.8 Å². The molecule has 0 aliphatic carbocycles. The van der Waals surface area contributed by atoms with Crippen molar-refractivity contribution in [3.8, 4) is 32.4 Å². The zero-order valence-electron chi connectivity index (χ0n) is 19.5. The highest BCUT2D eigenvalue weighted by atomic mass is 32.1. The van der Waals surface area contributed by atoms with Crippen molar-refractivity contribution >= 4 is 11.3 Å². The van der Waals surface area contributed by atoms with Crippen LogP contribution in [0.25, 0.3) is 32.4 Å². The van der Waals surface area contributed by atoms with Crippen LogP contribution in [-0.2, 0) is 13.0 Å². The molecule has 4 nitrogen and oxygen atoms in total. The first-order valence-corrected chi connectivity index (χ1v) is 12.3. The molecule has 0 amide bonds. The van der Waals surface area contributed by atoms with Crippen molar-refractivity contribution in [2.75, 3.05) is 0 Å². The predicted octanol–water partition coefficient (Wildman–Crippen LogP) is 6.70. The number of rotatable bonds is 6.